The van der Waals surface area contributed by atoms with Crippen molar-refractivity contribution in [2.75, 3.05) is 46.3 Å². The second-order valence-corrected chi connectivity index (χ2v) is 6.35. The third-order valence-corrected chi connectivity index (χ3v) is 4.31. The summed E-state index contributed by atoms with van der Waals surface area (Å²) in [5.74, 6) is -0.120. The Bertz CT molecular complexity index is 475. The molecule has 1 aromatic carbocycles. The Kier molecular flexibility index (Phi) is 5.84. The first-order valence-corrected chi connectivity index (χ1v) is 7.87. The van der Waals surface area contributed by atoms with Gasteiger partial charge in [-0.05, 0) is 25.2 Å². The van der Waals surface area contributed by atoms with Crippen LogP contribution < -0.4 is 5.32 Å². The topological polar surface area (TPSA) is 35.6 Å². The Morgan fingerprint density at radius 3 is 2.75 bits per heavy atom. The summed E-state index contributed by atoms with van der Waals surface area (Å²) in [5, 5.41) is 3.40. The van der Waals surface area contributed by atoms with E-state index in [1.807, 2.05) is 6.07 Å². The van der Waals surface area contributed by atoms with Crippen LogP contribution >= 0.6 is 27.5 Å². The molecule has 1 aromatic rings. The maximum atomic E-state index is 12.1. The summed E-state index contributed by atoms with van der Waals surface area (Å²) in [6.07, 6.45) is 0. The number of carbonyl (C=O) groups is 1. The Morgan fingerprint density at radius 2 is 2.05 bits per heavy atom. The fourth-order valence-corrected chi connectivity index (χ4v) is 2.73. The molecule has 6 heteroatoms. The van der Waals surface area contributed by atoms with Crippen LogP contribution in [-0.4, -0.2) is 62.0 Å². The number of nitrogens with zero attached hydrogens (tertiary/aromatic N) is 2. The zero-order valence-corrected chi connectivity index (χ0v) is 13.9. The van der Waals surface area contributed by atoms with Crippen molar-refractivity contribution in [3.63, 3.8) is 0 Å². The van der Waals surface area contributed by atoms with Crippen LogP contribution in [0.25, 0.3) is 0 Å². The van der Waals surface area contributed by atoms with Gasteiger partial charge >= 0.3 is 0 Å². The van der Waals surface area contributed by atoms with Gasteiger partial charge in [-0.15, -0.1) is 0 Å². The molecular weight excluding hydrogens is 342 g/mol. The zero-order valence-electron chi connectivity index (χ0n) is 11.5. The van der Waals surface area contributed by atoms with Gasteiger partial charge in [0, 0.05) is 43.7 Å². The molecule has 1 amide bonds. The Labute approximate surface area is 133 Å². The molecule has 1 aliphatic rings. The monoisotopic (exact) mass is 359 g/mol. The molecule has 2 rings (SSSR count). The average Bonchev–Trinajstić information content (AvgIpc) is 2.43. The van der Waals surface area contributed by atoms with Crippen LogP contribution in [0.15, 0.2) is 22.7 Å². The molecule has 0 bridgehead atoms. The molecule has 4 nitrogen and oxygen atoms in total. The number of nitrogens with one attached hydrogen (secondary N) is 1. The molecule has 1 saturated heterocycles. The first kappa shape index (κ1) is 15.8. The largest absolute Gasteiger partial charge is 0.351 e. The Hall–Kier alpha value is -0.620. The van der Waals surface area contributed by atoms with Gasteiger partial charge in [-0.3, -0.25) is 9.69 Å². The molecule has 0 aliphatic carbocycles. The first-order valence-electron chi connectivity index (χ1n) is 6.70. The van der Waals surface area contributed by atoms with E-state index in [1.54, 1.807) is 12.1 Å². The van der Waals surface area contributed by atoms with Crippen molar-refractivity contribution in [3.05, 3.63) is 33.3 Å². The third kappa shape index (κ3) is 4.45. The SMILES string of the molecule is CN1CCN(CCNC(=O)c2cc(Br)ccc2Cl)CC1. The fraction of sp³-hybridized carbons (Fsp3) is 0.500. The summed E-state index contributed by atoms with van der Waals surface area (Å²) >= 11 is 9.39. The molecule has 0 aromatic heterocycles. The highest BCUT2D eigenvalue weighted by Crippen LogP contribution is 2.20. The summed E-state index contributed by atoms with van der Waals surface area (Å²) in [6, 6.07) is 5.29. The summed E-state index contributed by atoms with van der Waals surface area (Å²) in [4.78, 5) is 16.7. The van der Waals surface area contributed by atoms with Gasteiger partial charge in [0.05, 0.1) is 10.6 Å². The Balaban J connectivity index is 1.79. The fourth-order valence-electron chi connectivity index (χ4n) is 2.17. The van der Waals surface area contributed by atoms with Crippen LogP contribution in [0.3, 0.4) is 0 Å². The van der Waals surface area contributed by atoms with Gasteiger partial charge in [0.15, 0.2) is 0 Å². The molecule has 1 heterocycles. The number of likely N-dealkylation sites (N-methyl/N-ethyl adjacent to an activating group) is 1. The summed E-state index contributed by atoms with van der Waals surface area (Å²) in [5.41, 5.74) is 0.513. The van der Waals surface area contributed by atoms with E-state index in [9.17, 15) is 4.79 Å². The lowest BCUT2D eigenvalue weighted by Gasteiger charge is -2.32. The number of hydrogen-bond acceptors (Lipinski definition) is 3. The average molecular weight is 361 g/mol. The van der Waals surface area contributed by atoms with Crippen LogP contribution in [0.4, 0.5) is 0 Å². The van der Waals surface area contributed by atoms with E-state index in [0.717, 1.165) is 37.2 Å². The normalized spacial score (nSPS) is 17.1. The maximum Gasteiger partial charge on any atom is 0.252 e. The lowest BCUT2D eigenvalue weighted by atomic mass is 10.2. The van der Waals surface area contributed by atoms with E-state index in [4.69, 9.17) is 11.6 Å². The molecule has 1 aliphatic heterocycles. The molecule has 1 fully saturated rings. The van der Waals surface area contributed by atoms with Crippen molar-refractivity contribution in [3.8, 4) is 0 Å². The second kappa shape index (κ2) is 7.41. The van der Waals surface area contributed by atoms with Crippen molar-refractivity contribution < 1.29 is 4.79 Å². The number of rotatable bonds is 4. The van der Waals surface area contributed by atoms with Gasteiger partial charge in [0.25, 0.3) is 5.91 Å². The summed E-state index contributed by atoms with van der Waals surface area (Å²) in [6.45, 7) is 5.82. The number of halogens is 2. The Morgan fingerprint density at radius 1 is 1.35 bits per heavy atom. The molecule has 0 atom stereocenters. The van der Waals surface area contributed by atoms with Gasteiger partial charge in [0.1, 0.15) is 0 Å². The highest BCUT2D eigenvalue weighted by atomic mass is 79.9. The zero-order chi connectivity index (χ0) is 14.5. The molecule has 0 radical (unpaired) electrons. The molecule has 0 spiro atoms. The lowest BCUT2D eigenvalue weighted by molar-refractivity contribution is 0.0941. The van der Waals surface area contributed by atoms with Crippen LogP contribution in [-0.2, 0) is 0 Å². The van der Waals surface area contributed by atoms with Gasteiger partial charge in [-0.25, -0.2) is 0 Å². The predicted octanol–water partition coefficient (Wildman–Crippen LogP) is 2.08. The third-order valence-electron chi connectivity index (χ3n) is 3.48. The molecular formula is C14H19BrClN3O. The van der Waals surface area contributed by atoms with Crippen LogP contribution in [0.5, 0.6) is 0 Å². The van der Waals surface area contributed by atoms with Crippen molar-refractivity contribution >= 4 is 33.4 Å². The van der Waals surface area contributed by atoms with Crippen molar-refractivity contribution in [1.29, 1.82) is 0 Å². The number of carbonyl (C=O) groups excluding carboxylic acids is 1. The van der Waals surface area contributed by atoms with E-state index in [-0.39, 0.29) is 5.91 Å². The van der Waals surface area contributed by atoms with Crippen molar-refractivity contribution in [2.24, 2.45) is 0 Å². The van der Waals surface area contributed by atoms with Crippen molar-refractivity contribution in [2.45, 2.75) is 0 Å². The number of piperazine rings is 1. The van der Waals surface area contributed by atoms with Gasteiger partial charge in [-0.2, -0.15) is 0 Å². The molecule has 0 unspecified atom stereocenters. The second-order valence-electron chi connectivity index (χ2n) is 5.02. The van der Waals surface area contributed by atoms with E-state index in [1.165, 1.54) is 0 Å². The van der Waals surface area contributed by atoms with E-state index >= 15 is 0 Å². The minimum atomic E-state index is -0.120. The molecule has 1 N–H and O–H groups in total. The van der Waals surface area contributed by atoms with E-state index in [2.05, 4.69) is 38.1 Å². The maximum absolute atomic E-state index is 12.1. The highest BCUT2D eigenvalue weighted by molar-refractivity contribution is 9.10. The van der Waals surface area contributed by atoms with Crippen LogP contribution in [0.1, 0.15) is 10.4 Å². The van der Waals surface area contributed by atoms with Crippen molar-refractivity contribution in [1.82, 2.24) is 15.1 Å². The molecule has 110 valence electrons. The number of hydrogen-bond donors (Lipinski definition) is 1. The van der Waals surface area contributed by atoms with Crippen LogP contribution in [0, 0.1) is 0 Å². The van der Waals surface area contributed by atoms with Gasteiger partial charge < -0.3 is 10.2 Å². The van der Waals surface area contributed by atoms with Gasteiger partial charge in [0.2, 0.25) is 0 Å². The minimum absolute atomic E-state index is 0.120. The quantitative estimate of drug-likeness (QED) is 0.893. The predicted molar refractivity (Wildman–Crippen MR) is 85.4 cm³/mol. The first-order chi connectivity index (χ1) is 9.56. The molecule has 20 heavy (non-hydrogen) atoms. The lowest BCUT2D eigenvalue weighted by Crippen LogP contribution is -2.46. The molecule has 0 saturated carbocycles. The highest BCUT2D eigenvalue weighted by Gasteiger charge is 2.14. The smallest absolute Gasteiger partial charge is 0.252 e. The van der Waals surface area contributed by atoms with E-state index in [0.29, 0.717) is 17.1 Å². The minimum Gasteiger partial charge on any atom is -0.351 e. The summed E-state index contributed by atoms with van der Waals surface area (Å²) in [7, 11) is 2.13. The standard InChI is InChI=1S/C14H19BrClN3O/c1-18-6-8-19(9-7-18)5-4-17-14(20)12-10-11(15)2-3-13(12)16/h2-3,10H,4-9H2,1H3,(H,17,20). The number of amides is 1. The summed E-state index contributed by atoms with van der Waals surface area (Å²) < 4.78 is 0.853. The van der Waals surface area contributed by atoms with E-state index < -0.39 is 0 Å². The van der Waals surface area contributed by atoms with Gasteiger partial charge in [-0.1, -0.05) is 27.5 Å². The number of benzene rings is 1. The van der Waals surface area contributed by atoms with Crippen LogP contribution in [0.2, 0.25) is 5.02 Å².